The molecule has 0 aromatic heterocycles. The Morgan fingerprint density at radius 1 is 1.44 bits per heavy atom. The molecule has 0 bridgehead atoms. The second-order valence-corrected chi connectivity index (χ2v) is 2.57. The average Bonchev–Trinajstić information content (AvgIpc) is 1.83. The topological polar surface area (TPSA) is 32.3 Å². The van der Waals surface area contributed by atoms with Gasteiger partial charge in [-0.05, 0) is 20.3 Å². The van der Waals surface area contributed by atoms with E-state index in [-0.39, 0.29) is 6.10 Å². The van der Waals surface area contributed by atoms with Gasteiger partial charge < -0.3 is 10.4 Å². The van der Waals surface area contributed by atoms with Crippen molar-refractivity contribution in [2.24, 2.45) is 0 Å². The van der Waals surface area contributed by atoms with Crippen LogP contribution in [-0.2, 0) is 0 Å². The highest BCUT2D eigenvalue weighted by Crippen LogP contribution is 1.87. The van der Waals surface area contributed by atoms with Crippen LogP contribution in [0, 0.1) is 0 Å². The molecule has 0 spiro atoms. The third kappa shape index (κ3) is 5.80. The van der Waals surface area contributed by atoms with Crippen LogP contribution in [0.5, 0.6) is 0 Å². The molecular weight excluding hydrogens is 114 g/mol. The molecule has 0 aliphatic heterocycles. The van der Waals surface area contributed by atoms with Gasteiger partial charge in [0.05, 0.1) is 6.10 Å². The molecule has 0 heterocycles. The van der Waals surface area contributed by atoms with Crippen LogP contribution in [-0.4, -0.2) is 23.8 Å². The summed E-state index contributed by atoms with van der Waals surface area (Å²) in [5.41, 5.74) is 0. The van der Waals surface area contributed by atoms with Gasteiger partial charge in [0.2, 0.25) is 0 Å². The standard InChI is InChI=1S/C7H17NO/c1-4-6(2)8-5-7(3)9/h6-9H,4-5H2,1-3H3/t6?,7-/m0/s1. The fourth-order valence-corrected chi connectivity index (χ4v) is 0.516. The van der Waals surface area contributed by atoms with Gasteiger partial charge in [-0.25, -0.2) is 0 Å². The van der Waals surface area contributed by atoms with E-state index in [0.29, 0.717) is 12.6 Å². The minimum absolute atomic E-state index is 0.223. The van der Waals surface area contributed by atoms with Crippen molar-refractivity contribution in [3.8, 4) is 0 Å². The predicted octanol–water partition coefficient (Wildman–Crippen LogP) is 0.755. The maximum atomic E-state index is 8.83. The van der Waals surface area contributed by atoms with Gasteiger partial charge in [-0.2, -0.15) is 0 Å². The van der Waals surface area contributed by atoms with E-state index in [1.54, 1.807) is 6.92 Å². The smallest absolute Gasteiger partial charge is 0.0636 e. The number of nitrogens with one attached hydrogen (secondary N) is 1. The van der Waals surface area contributed by atoms with Crippen LogP contribution in [0.15, 0.2) is 0 Å². The van der Waals surface area contributed by atoms with Gasteiger partial charge in [-0.15, -0.1) is 0 Å². The Hall–Kier alpha value is -0.0800. The van der Waals surface area contributed by atoms with Crippen LogP contribution in [0.3, 0.4) is 0 Å². The third-order valence-corrected chi connectivity index (χ3v) is 1.37. The number of aliphatic hydroxyl groups excluding tert-OH is 1. The number of rotatable bonds is 4. The first-order valence-electron chi connectivity index (χ1n) is 3.58. The molecule has 0 radical (unpaired) electrons. The molecule has 1 unspecified atom stereocenters. The molecule has 2 atom stereocenters. The first-order valence-corrected chi connectivity index (χ1v) is 3.58. The first kappa shape index (κ1) is 8.92. The van der Waals surface area contributed by atoms with E-state index in [9.17, 15) is 0 Å². The number of hydrogen-bond acceptors (Lipinski definition) is 2. The van der Waals surface area contributed by atoms with Crippen molar-refractivity contribution >= 4 is 0 Å². The minimum Gasteiger partial charge on any atom is -0.392 e. The summed E-state index contributed by atoms with van der Waals surface area (Å²) in [4.78, 5) is 0. The molecule has 2 heteroatoms. The van der Waals surface area contributed by atoms with Gasteiger partial charge in [-0.1, -0.05) is 6.92 Å². The van der Waals surface area contributed by atoms with Gasteiger partial charge in [0.1, 0.15) is 0 Å². The van der Waals surface area contributed by atoms with E-state index in [1.165, 1.54) is 0 Å². The van der Waals surface area contributed by atoms with Crippen LogP contribution in [0.1, 0.15) is 27.2 Å². The van der Waals surface area contributed by atoms with Crippen molar-refractivity contribution in [2.75, 3.05) is 6.54 Å². The van der Waals surface area contributed by atoms with E-state index in [2.05, 4.69) is 19.2 Å². The molecular formula is C7H17NO. The Morgan fingerprint density at radius 2 is 2.00 bits per heavy atom. The largest absolute Gasteiger partial charge is 0.392 e. The average molecular weight is 131 g/mol. The minimum atomic E-state index is -0.223. The lowest BCUT2D eigenvalue weighted by molar-refractivity contribution is 0.186. The quantitative estimate of drug-likeness (QED) is 0.590. The van der Waals surface area contributed by atoms with Crippen molar-refractivity contribution in [1.82, 2.24) is 5.32 Å². The molecule has 2 N–H and O–H groups in total. The number of hydrogen-bond donors (Lipinski definition) is 2. The summed E-state index contributed by atoms with van der Waals surface area (Å²) >= 11 is 0. The van der Waals surface area contributed by atoms with Gasteiger partial charge >= 0.3 is 0 Å². The summed E-state index contributed by atoms with van der Waals surface area (Å²) < 4.78 is 0. The Morgan fingerprint density at radius 3 is 2.33 bits per heavy atom. The maximum Gasteiger partial charge on any atom is 0.0636 e. The molecule has 0 aliphatic rings. The summed E-state index contributed by atoms with van der Waals surface area (Å²) in [5.74, 6) is 0. The lowest BCUT2D eigenvalue weighted by atomic mass is 10.2. The van der Waals surface area contributed by atoms with Crippen molar-refractivity contribution in [1.29, 1.82) is 0 Å². The Balaban J connectivity index is 3.06. The summed E-state index contributed by atoms with van der Waals surface area (Å²) in [5, 5.41) is 12.0. The van der Waals surface area contributed by atoms with E-state index in [0.717, 1.165) is 6.42 Å². The lowest BCUT2D eigenvalue weighted by Crippen LogP contribution is -2.31. The second-order valence-electron chi connectivity index (χ2n) is 2.57. The third-order valence-electron chi connectivity index (χ3n) is 1.37. The predicted molar refractivity (Wildman–Crippen MR) is 39.4 cm³/mol. The van der Waals surface area contributed by atoms with E-state index in [1.807, 2.05) is 0 Å². The monoisotopic (exact) mass is 131 g/mol. The molecule has 2 nitrogen and oxygen atoms in total. The molecule has 9 heavy (non-hydrogen) atoms. The van der Waals surface area contributed by atoms with Gasteiger partial charge in [0.15, 0.2) is 0 Å². The summed E-state index contributed by atoms with van der Waals surface area (Å²) in [7, 11) is 0. The highest BCUT2D eigenvalue weighted by molar-refractivity contribution is 4.59. The molecule has 0 rings (SSSR count). The molecule has 0 aliphatic carbocycles. The summed E-state index contributed by atoms with van der Waals surface area (Å²) in [6.07, 6.45) is 0.895. The zero-order valence-electron chi connectivity index (χ0n) is 6.52. The fraction of sp³-hybridized carbons (Fsp3) is 1.00. The second kappa shape index (κ2) is 4.77. The van der Waals surface area contributed by atoms with Crippen LogP contribution in [0.2, 0.25) is 0 Å². The molecule has 0 amide bonds. The van der Waals surface area contributed by atoms with Gasteiger partial charge in [0.25, 0.3) is 0 Å². The summed E-state index contributed by atoms with van der Waals surface area (Å²) in [6.45, 7) is 6.73. The number of aliphatic hydroxyl groups is 1. The van der Waals surface area contributed by atoms with Crippen LogP contribution >= 0.6 is 0 Å². The molecule has 56 valence electrons. The molecule has 0 saturated carbocycles. The first-order chi connectivity index (χ1) is 4.16. The van der Waals surface area contributed by atoms with Gasteiger partial charge in [0, 0.05) is 12.6 Å². The van der Waals surface area contributed by atoms with E-state index >= 15 is 0 Å². The van der Waals surface area contributed by atoms with Crippen LogP contribution in [0.4, 0.5) is 0 Å². The Kier molecular flexibility index (Phi) is 4.72. The normalized spacial score (nSPS) is 17.3. The van der Waals surface area contributed by atoms with Crippen molar-refractivity contribution in [3.05, 3.63) is 0 Å². The molecule has 0 fully saturated rings. The molecule has 0 saturated heterocycles. The van der Waals surface area contributed by atoms with Crippen LogP contribution < -0.4 is 5.32 Å². The zero-order chi connectivity index (χ0) is 7.28. The highest BCUT2D eigenvalue weighted by atomic mass is 16.3. The van der Waals surface area contributed by atoms with Crippen molar-refractivity contribution in [2.45, 2.75) is 39.3 Å². The van der Waals surface area contributed by atoms with E-state index in [4.69, 9.17) is 5.11 Å². The van der Waals surface area contributed by atoms with Crippen LogP contribution in [0.25, 0.3) is 0 Å². The highest BCUT2D eigenvalue weighted by Gasteiger charge is 1.98. The Labute approximate surface area is 57.3 Å². The lowest BCUT2D eigenvalue weighted by Gasteiger charge is -2.11. The SMILES string of the molecule is CCC(C)NC[C@H](C)O. The van der Waals surface area contributed by atoms with Crippen molar-refractivity contribution in [3.63, 3.8) is 0 Å². The van der Waals surface area contributed by atoms with Gasteiger partial charge in [-0.3, -0.25) is 0 Å². The maximum absolute atomic E-state index is 8.83. The molecule has 0 aromatic rings. The fourth-order valence-electron chi connectivity index (χ4n) is 0.516. The Bertz CT molecular complexity index is 63.9. The zero-order valence-corrected chi connectivity index (χ0v) is 6.52. The van der Waals surface area contributed by atoms with E-state index < -0.39 is 0 Å². The summed E-state index contributed by atoms with van der Waals surface area (Å²) in [6, 6.07) is 0.527. The molecule has 0 aromatic carbocycles. The van der Waals surface area contributed by atoms with Crippen molar-refractivity contribution < 1.29 is 5.11 Å².